The van der Waals surface area contributed by atoms with E-state index in [0.29, 0.717) is 0 Å². The third-order valence-electron chi connectivity index (χ3n) is 4.66. The zero-order chi connectivity index (χ0) is 21.3. The van der Waals surface area contributed by atoms with Crippen molar-refractivity contribution in [3.05, 3.63) is 0 Å². The van der Waals surface area contributed by atoms with Crippen molar-refractivity contribution in [1.29, 1.82) is 0 Å². The summed E-state index contributed by atoms with van der Waals surface area (Å²) in [6.45, 7) is -2.53. The normalized spacial score (nSPS) is 18.7. The third kappa shape index (κ3) is 9.37. The number of amides is 3. The van der Waals surface area contributed by atoms with Crippen molar-refractivity contribution < 1.29 is 50.5 Å². The second-order valence-electron chi connectivity index (χ2n) is 6.29. The maximum Gasteiger partial charge on any atom is 3.00 e. The van der Waals surface area contributed by atoms with Crippen LogP contribution in [0.5, 0.6) is 0 Å². The van der Waals surface area contributed by atoms with Gasteiger partial charge in [0.1, 0.15) is 18.3 Å². The number of hydrogen-bond acceptors (Lipinski definition) is 10. The van der Waals surface area contributed by atoms with E-state index in [1.807, 2.05) is 0 Å². The second kappa shape index (κ2) is 15.1. The molecule has 0 bridgehead atoms. The second-order valence-corrected chi connectivity index (χ2v) is 6.29. The summed E-state index contributed by atoms with van der Waals surface area (Å²) in [7, 11) is 0. The smallest absolute Gasteiger partial charge is 0.530 e. The van der Waals surface area contributed by atoms with Gasteiger partial charge in [-0.2, -0.15) is 0 Å². The molecule has 1 aliphatic heterocycles. The van der Waals surface area contributed by atoms with Crippen molar-refractivity contribution in [2.24, 2.45) is 0 Å². The Morgan fingerprint density at radius 2 is 1.00 bits per heavy atom. The molecule has 0 aromatic carbocycles. The van der Waals surface area contributed by atoms with Gasteiger partial charge >= 0.3 is 19.8 Å². The summed E-state index contributed by atoms with van der Waals surface area (Å²) >= 11 is 0. The molecule has 0 spiro atoms. The van der Waals surface area contributed by atoms with E-state index in [4.69, 9.17) is 5.11 Å². The summed E-state index contributed by atoms with van der Waals surface area (Å²) in [6.07, 6.45) is -5.97. The predicted octanol–water partition coefficient (Wildman–Crippen LogP) is -7.25. The van der Waals surface area contributed by atoms with Gasteiger partial charge in [0.05, 0.1) is 25.4 Å². The van der Waals surface area contributed by atoms with Crippen molar-refractivity contribution >= 4 is 38.1 Å². The van der Waals surface area contributed by atoms with Gasteiger partial charge in [-0.1, -0.05) is 0 Å². The zero-order valence-corrected chi connectivity index (χ0v) is 18.8. The van der Waals surface area contributed by atoms with E-state index in [2.05, 4.69) is 0 Å². The average molecular weight is 493 g/mol. The maximum atomic E-state index is 11.3. The van der Waals surface area contributed by atoms with Crippen LogP contribution in [0.15, 0.2) is 0 Å². The SMILES string of the molecule is O.O=C([O-])N1CCN(C(=O)[O-])CCN(C(CO)C(O)CO)CCN(C(=O)[O-])CC1.[Ga+3]. The number of rotatable bonds is 4. The van der Waals surface area contributed by atoms with Gasteiger partial charge in [0.25, 0.3) is 0 Å². The average Bonchev–Trinajstić information content (AvgIpc) is 2.62. The van der Waals surface area contributed by atoms with E-state index in [1.165, 1.54) is 4.90 Å². The first-order chi connectivity index (χ1) is 13.2. The van der Waals surface area contributed by atoms with E-state index in [-0.39, 0.29) is 77.6 Å². The van der Waals surface area contributed by atoms with E-state index in [1.54, 1.807) is 0 Å². The number of aliphatic hydroxyl groups is 3. The Bertz CT molecular complexity index is 514. The number of carboxylic acid groups (broad SMARTS) is 3. The van der Waals surface area contributed by atoms with Crippen molar-refractivity contribution in [1.82, 2.24) is 19.6 Å². The summed E-state index contributed by atoms with van der Waals surface area (Å²) in [4.78, 5) is 37.8. The Labute approximate surface area is 186 Å². The fraction of sp³-hybridized carbons (Fsp3) is 0.800. The van der Waals surface area contributed by atoms with E-state index >= 15 is 0 Å². The van der Waals surface area contributed by atoms with Gasteiger partial charge in [0, 0.05) is 52.4 Å². The van der Waals surface area contributed by atoms with Gasteiger partial charge in [-0.05, 0) is 0 Å². The number of carbonyl (C=O) groups is 3. The van der Waals surface area contributed by atoms with Crippen LogP contribution < -0.4 is 15.3 Å². The summed E-state index contributed by atoms with van der Waals surface area (Å²) in [6, 6.07) is -0.958. The largest absolute Gasteiger partial charge is 3.00 e. The van der Waals surface area contributed by atoms with Crippen LogP contribution in [0.25, 0.3) is 0 Å². The first-order valence-electron chi connectivity index (χ1n) is 8.72. The molecule has 1 fully saturated rings. The molecule has 30 heavy (non-hydrogen) atoms. The minimum Gasteiger partial charge on any atom is -0.530 e. The number of hydrogen-bond donors (Lipinski definition) is 3. The van der Waals surface area contributed by atoms with Crippen LogP contribution in [0.2, 0.25) is 0 Å². The molecule has 170 valence electrons. The molecule has 2 unspecified atom stereocenters. The molecule has 3 amide bonds. The van der Waals surface area contributed by atoms with Crippen LogP contribution in [0, 0.1) is 0 Å². The molecule has 1 saturated heterocycles. The van der Waals surface area contributed by atoms with Gasteiger partial charge in [-0.3, -0.25) is 4.90 Å². The summed E-state index contributed by atoms with van der Waals surface area (Å²) < 4.78 is 0. The third-order valence-corrected chi connectivity index (χ3v) is 4.66. The fourth-order valence-electron chi connectivity index (χ4n) is 2.91. The van der Waals surface area contributed by atoms with Crippen LogP contribution in [0.1, 0.15) is 0 Å². The number of nitrogens with zero attached hydrogens (tertiary/aromatic N) is 4. The molecule has 1 heterocycles. The molecular formula is C15H27GaN4O10. The molecule has 0 radical (unpaired) electrons. The van der Waals surface area contributed by atoms with Gasteiger partial charge in [-0.15, -0.1) is 0 Å². The van der Waals surface area contributed by atoms with Crippen LogP contribution in [-0.4, -0.2) is 156 Å². The molecule has 0 aliphatic carbocycles. The van der Waals surface area contributed by atoms with Crippen LogP contribution in [0.3, 0.4) is 0 Å². The topological polar surface area (TPSA) is 226 Å². The van der Waals surface area contributed by atoms with Crippen molar-refractivity contribution in [3.8, 4) is 0 Å². The van der Waals surface area contributed by atoms with Crippen LogP contribution in [0.4, 0.5) is 14.4 Å². The molecule has 14 nitrogen and oxygen atoms in total. The molecule has 0 aromatic rings. The Balaban J connectivity index is 0. The number of carbonyl (C=O) groups excluding carboxylic acids is 3. The van der Waals surface area contributed by atoms with Gasteiger partial charge in [-0.25, -0.2) is 0 Å². The van der Waals surface area contributed by atoms with Gasteiger partial charge in [0.2, 0.25) is 0 Å². The summed E-state index contributed by atoms with van der Waals surface area (Å²) in [5, 5.41) is 62.4. The molecule has 1 rings (SSSR count). The molecular weight excluding hydrogens is 466 g/mol. The van der Waals surface area contributed by atoms with E-state index in [0.717, 1.165) is 14.7 Å². The Hall–Kier alpha value is -1.75. The van der Waals surface area contributed by atoms with E-state index in [9.17, 15) is 39.9 Å². The number of aliphatic hydroxyl groups excluding tert-OH is 3. The molecule has 2 atom stereocenters. The van der Waals surface area contributed by atoms with Crippen molar-refractivity contribution in [2.45, 2.75) is 12.1 Å². The van der Waals surface area contributed by atoms with Crippen molar-refractivity contribution in [2.75, 3.05) is 65.6 Å². The Kier molecular flexibility index (Phi) is 15.3. The maximum absolute atomic E-state index is 11.3. The monoisotopic (exact) mass is 492 g/mol. The van der Waals surface area contributed by atoms with Gasteiger partial charge in [0.15, 0.2) is 0 Å². The first-order valence-corrected chi connectivity index (χ1v) is 8.72. The molecule has 1 aliphatic rings. The van der Waals surface area contributed by atoms with Crippen LogP contribution >= 0.6 is 0 Å². The zero-order valence-electron chi connectivity index (χ0n) is 16.4. The Morgan fingerprint density at radius 1 is 0.700 bits per heavy atom. The Morgan fingerprint density at radius 3 is 1.23 bits per heavy atom. The standard InChI is InChI=1S/C15H28N4O9.Ga.H2O/c20-9-11(12(22)10-21)16-1-3-17(13(23)24)5-7-19(15(27)28)8-6-18(4-2-16)14(25)26;;/h11-12,20-22H,1-10H2,(H,23,24)(H,25,26)(H,27,28);;1H2/q;+3;/p-3. The summed E-state index contributed by atoms with van der Waals surface area (Å²) in [5.41, 5.74) is 0. The van der Waals surface area contributed by atoms with Crippen molar-refractivity contribution in [3.63, 3.8) is 0 Å². The molecule has 0 aromatic heterocycles. The quantitative estimate of drug-likeness (QED) is 0.314. The predicted molar refractivity (Wildman–Crippen MR) is 95.8 cm³/mol. The molecule has 15 heteroatoms. The minimum atomic E-state index is -1.57. The fourth-order valence-corrected chi connectivity index (χ4v) is 2.91. The van der Waals surface area contributed by atoms with Gasteiger partial charge < -0.3 is 65.2 Å². The van der Waals surface area contributed by atoms with Crippen LogP contribution in [-0.2, 0) is 0 Å². The summed E-state index contributed by atoms with van der Waals surface area (Å²) in [5.74, 6) is 0. The van der Waals surface area contributed by atoms with E-state index < -0.39 is 43.6 Å². The molecule has 0 saturated carbocycles. The first kappa shape index (κ1) is 30.4. The molecule has 5 N–H and O–H groups in total. The minimum absolute atomic E-state index is 0.